The van der Waals surface area contributed by atoms with Gasteiger partial charge in [-0.25, -0.2) is 4.39 Å². The van der Waals surface area contributed by atoms with E-state index in [0.29, 0.717) is 12.2 Å². The molecule has 0 saturated heterocycles. The van der Waals surface area contributed by atoms with Gasteiger partial charge in [-0.3, -0.25) is 0 Å². The zero-order valence-corrected chi connectivity index (χ0v) is 9.91. The smallest absolute Gasteiger partial charge is 0.148 e. The third-order valence-electron chi connectivity index (χ3n) is 2.13. The van der Waals surface area contributed by atoms with Crippen molar-refractivity contribution in [2.24, 2.45) is 0 Å². The molecular formula is C11H10ClFN2S. The molecule has 84 valence electrons. The van der Waals surface area contributed by atoms with Crippen LogP contribution in [0.25, 0.3) is 0 Å². The summed E-state index contributed by atoms with van der Waals surface area (Å²) in [6.07, 6.45) is 0. The Bertz CT molecular complexity index is 498. The van der Waals surface area contributed by atoms with E-state index >= 15 is 0 Å². The number of nitrogen functional groups attached to an aromatic ring is 1. The van der Waals surface area contributed by atoms with Crippen molar-refractivity contribution < 1.29 is 4.39 Å². The molecule has 0 unspecified atom stereocenters. The topological polar surface area (TPSA) is 38.0 Å². The van der Waals surface area contributed by atoms with Crippen molar-refractivity contribution >= 4 is 34.3 Å². The van der Waals surface area contributed by atoms with Gasteiger partial charge in [-0.15, -0.1) is 11.3 Å². The Morgan fingerprint density at radius 1 is 1.31 bits per heavy atom. The van der Waals surface area contributed by atoms with Gasteiger partial charge in [0.2, 0.25) is 0 Å². The molecule has 2 aromatic rings. The van der Waals surface area contributed by atoms with Gasteiger partial charge in [0.15, 0.2) is 0 Å². The highest BCUT2D eigenvalue weighted by molar-refractivity contribution is 7.16. The SMILES string of the molecule is Nc1c(F)cccc1NCc1ccc(Cl)s1. The molecule has 3 N–H and O–H groups in total. The van der Waals surface area contributed by atoms with Gasteiger partial charge in [0.05, 0.1) is 15.7 Å². The predicted octanol–water partition coefficient (Wildman–Crippen LogP) is 3.73. The van der Waals surface area contributed by atoms with E-state index in [1.807, 2.05) is 12.1 Å². The minimum absolute atomic E-state index is 0.144. The number of benzene rings is 1. The summed E-state index contributed by atoms with van der Waals surface area (Å²) in [5.41, 5.74) is 6.34. The maximum absolute atomic E-state index is 13.1. The Morgan fingerprint density at radius 2 is 2.12 bits per heavy atom. The number of nitrogens with two attached hydrogens (primary N) is 1. The van der Waals surface area contributed by atoms with Crippen LogP contribution in [0.5, 0.6) is 0 Å². The summed E-state index contributed by atoms with van der Waals surface area (Å²) in [5.74, 6) is -0.408. The number of anilines is 2. The number of thiophene rings is 1. The van der Waals surface area contributed by atoms with E-state index < -0.39 is 5.82 Å². The van der Waals surface area contributed by atoms with Gasteiger partial charge >= 0.3 is 0 Å². The van der Waals surface area contributed by atoms with Crippen molar-refractivity contribution in [3.8, 4) is 0 Å². The van der Waals surface area contributed by atoms with Gasteiger partial charge in [-0.1, -0.05) is 17.7 Å². The lowest BCUT2D eigenvalue weighted by atomic mass is 10.2. The van der Waals surface area contributed by atoms with Crippen LogP contribution >= 0.6 is 22.9 Å². The van der Waals surface area contributed by atoms with Crippen molar-refractivity contribution in [1.82, 2.24) is 0 Å². The van der Waals surface area contributed by atoms with Crippen molar-refractivity contribution in [2.45, 2.75) is 6.54 Å². The first-order valence-electron chi connectivity index (χ1n) is 4.69. The van der Waals surface area contributed by atoms with Gasteiger partial charge in [-0.2, -0.15) is 0 Å². The van der Waals surface area contributed by atoms with Crippen LogP contribution < -0.4 is 11.1 Å². The molecule has 0 atom stereocenters. The quantitative estimate of drug-likeness (QED) is 0.821. The summed E-state index contributed by atoms with van der Waals surface area (Å²) < 4.78 is 13.9. The van der Waals surface area contributed by atoms with Crippen LogP contribution in [0.2, 0.25) is 4.34 Å². The average Bonchev–Trinajstić information content (AvgIpc) is 2.67. The van der Waals surface area contributed by atoms with Crippen LogP contribution in [0, 0.1) is 5.82 Å². The zero-order valence-electron chi connectivity index (χ0n) is 8.34. The van der Waals surface area contributed by atoms with E-state index in [2.05, 4.69) is 5.32 Å². The average molecular weight is 257 g/mol. The lowest BCUT2D eigenvalue weighted by molar-refractivity contribution is 0.633. The van der Waals surface area contributed by atoms with E-state index in [4.69, 9.17) is 17.3 Å². The van der Waals surface area contributed by atoms with Gasteiger partial charge in [-0.05, 0) is 24.3 Å². The molecule has 0 spiro atoms. The first kappa shape index (κ1) is 11.2. The summed E-state index contributed by atoms with van der Waals surface area (Å²) in [6, 6.07) is 8.46. The molecule has 0 aliphatic rings. The Balaban J connectivity index is 2.07. The molecule has 0 saturated carbocycles. The van der Waals surface area contributed by atoms with E-state index in [1.165, 1.54) is 17.4 Å². The number of para-hydroxylation sites is 1. The molecule has 0 radical (unpaired) electrons. The van der Waals surface area contributed by atoms with Crippen molar-refractivity contribution in [1.29, 1.82) is 0 Å². The number of nitrogens with one attached hydrogen (secondary N) is 1. The highest BCUT2D eigenvalue weighted by Crippen LogP contribution is 2.25. The van der Waals surface area contributed by atoms with Crippen LogP contribution in [0.1, 0.15) is 4.88 Å². The fourth-order valence-electron chi connectivity index (χ4n) is 1.32. The van der Waals surface area contributed by atoms with Gasteiger partial charge in [0.25, 0.3) is 0 Å². The second-order valence-electron chi connectivity index (χ2n) is 3.26. The number of rotatable bonds is 3. The summed E-state index contributed by atoms with van der Waals surface area (Å²) in [6.45, 7) is 0.588. The fourth-order valence-corrected chi connectivity index (χ4v) is 2.35. The minimum atomic E-state index is -0.408. The first-order valence-corrected chi connectivity index (χ1v) is 5.88. The molecule has 16 heavy (non-hydrogen) atoms. The second kappa shape index (κ2) is 4.72. The lowest BCUT2D eigenvalue weighted by Gasteiger charge is -2.08. The van der Waals surface area contributed by atoms with Gasteiger partial charge in [0, 0.05) is 11.4 Å². The Labute approximate surface area is 102 Å². The van der Waals surface area contributed by atoms with Crippen LogP contribution in [0.3, 0.4) is 0 Å². The van der Waals surface area contributed by atoms with Gasteiger partial charge < -0.3 is 11.1 Å². The van der Waals surface area contributed by atoms with Crippen LogP contribution in [-0.4, -0.2) is 0 Å². The Kier molecular flexibility index (Phi) is 3.31. The molecule has 0 bridgehead atoms. The summed E-state index contributed by atoms with van der Waals surface area (Å²) in [5, 5.41) is 3.07. The summed E-state index contributed by atoms with van der Waals surface area (Å²) >= 11 is 7.29. The largest absolute Gasteiger partial charge is 0.395 e. The fraction of sp³-hybridized carbons (Fsp3) is 0.0909. The van der Waals surface area contributed by atoms with Gasteiger partial charge in [0.1, 0.15) is 5.82 Å². The van der Waals surface area contributed by atoms with Crippen molar-refractivity contribution in [3.05, 3.63) is 45.4 Å². The van der Waals surface area contributed by atoms with E-state index in [0.717, 1.165) is 9.21 Å². The van der Waals surface area contributed by atoms with Crippen LogP contribution in [0.15, 0.2) is 30.3 Å². The molecule has 1 aromatic carbocycles. The van der Waals surface area contributed by atoms with E-state index in [-0.39, 0.29) is 5.69 Å². The van der Waals surface area contributed by atoms with Crippen LogP contribution in [0.4, 0.5) is 15.8 Å². The van der Waals surface area contributed by atoms with Crippen molar-refractivity contribution in [2.75, 3.05) is 11.1 Å². The molecule has 0 amide bonds. The number of hydrogen-bond acceptors (Lipinski definition) is 3. The third kappa shape index (κ3) is 2.46. The van der Waals surface area contributed by atoms with E-state index in [1.54, 1.807) is 12.1 Å². The molecule has 0 aliphatic carbocycles. The lowest BCUT2D eigenvalue weighted by Crippen LogP contribution is -2.02. The molecule has 2 rings (SSSR count). The Hall–Kier alpha value is -1.26. The Morgan fingerprint density at radius 3 is 2.81 bits per heavy atom. The number of halogens is 2. The standard InChI is InChI=1S/C11H10ClFN2S/c12-10-5-4-7(16-10)6-15-9-3-1-2-8(13)11(9)14/h1-5,15H,6,14H2. The zero-order chi connectivity index (χ0) is 11.5. The monoisotopic (exact) mass is 256 g/mol. The second-order valence-corrected chi connectivity index (χ2v) is 5.06. The molecule has 2 nitrogen and oxygen atoms in total. The molecule has 1 heterocycles. The highest BCUT2D eigenvalue weighted by atomic mass is 35.5. The van der Waals surface area contributed by atoms with Crippen molar-refractivity contribution in [3.63, 3.8) is 0 Å². The molecule has 1 aromatic heterocycles. The summed E-state index contributed by atoms with van der Waals surface area (Å²) in [7, 11) is 0. The third-order valence-corrected chi connectivity index (χ3v) is 3.37. The summed E-state index contributed by atoms with van der Waals surface area (Å²) in [4.78, 5) is 1.08. The molecular weight excluding hydrogens is 247 g/mol. The highest BCUT2D eigenvalue weighted by Gasteiger charge is 2.04. The first-order chi connectivity index (χ1) is 7.66. The predicted molar refractivity (Wildman–Crippen MR) is 67.5 cm³/mol. The molecule has 5 heteroatoms. The van der Waals surface area contributed by atoms with Crippen LogP contribution in [-0.2, 0) is 6.54 Å². The molecule has 0 fully saturated rings. The maximum Gasteiger partial charge on any atom is 0.148 e. The normalized spacial score (nSPS) is 10.4. The molecule has 0 aliphatic heterocycles. The van der Waals surface area contributed by atoms with E-state index in [9.17, 15) is 4.39 Å². The minimum Gasteiger partial charge on any atom is -0.395 e. The maximum atomic E-state index is 13.1. The number of hydrogen-bond donors (Lipinski definition) is 2.